The topological polar surface area (TPSA) is 319 Å². The van der Waals surface area contributed by atoms with Gasteiger partial charge in [-0.25, -0.2) is 57.5 Å². The van der Waals surface area contributed by atoms with Gasteiger partial charge < -0.3 is 56.8 Å². The van der Waals surface area contributed by atoms with Crippen molar-refractivity contribution in [2.45, 2.75) is 157 Å². The van der Waals surface area contributed by atoms with E-state index < -0.39 is 82.8 Å². The Balaban J connectivity index is 0.000000198. The van der Waals surface area contributed by atoms with E-state index in [0.29, 0.717) is 57.6 Å². The summed E-state index contributed by atoms with van der Waals surface area (Å²) < 4.78 is 100. The zero-order valence-corrected chi connectivity index (χ0v) is 56.9. The second-order valence-corrected chi connectivity index (χ2v) is 28.1. The van der Waals surface area contributed by atoms with E-state index in [1.807, 2.05) is 0 Å². The van der Waals surface area contributed by atoms with E-state index in [2.05, 4.69) is 41.2 Å². The van der Waals surface area contributed by atoms with Crippen LogP contribution in [0.25, 0.3) is 43.8 Å². The number of hydrogen-bond donors (Lipinski definition) is 4. The molecule has 0 spiro atoms. The first-order chi connectivity index (χ1) is 46.2. The number of carbonyl (C=O) groups excluding carboxylic acids is 6. The van der Waals surface area contributed by atoms with E-state index in [9.17, 15) is 28.8 Å². The van der Waals surface area contributed by atoms with Crippen LogP contribution in [0.4, 0.5) is 71.9 Å². The number of benzene rings is 2. The summed E-state index contributed by atoms with van der Waals surface area (Å²) in [5.41, 5.74) is -1.23. The molecule has 10 heterocycles. The van der Waals surface area contributed by atoms with Gasteiger partial charge in [0.2, 0.25) is 11.8 Å². The fraction of sp³-hybridized carbons (Fsp3) is 0.500. The Morgan fingerprint density at radius 2 is 0.847 bits per heavy atom. The Hall–Kier alpha value is -9.52. The van der Waals surface area contributed by atoms with Crippen molar-refractivity contribution in [3.8, 4) is 34.0 Å². The molecular weight excluding hydrogens is 1280 g/mol. The predicted octanol–water partition coefficient (Wildman–Crippen LogP) is 13.1. The molecule has 12 rings (SSSR count). The number of amides is 6. The van der Waals surface area contributed by atoms with Gasteiger partial charge in [-0.05, 0) is 156 Å². The van der Waals surface area contributed by atoms with Crippen LogP contribution >= 0.6 is 0 Å². The van der Waals surface area contributed by atoms with Gasteiger partial charge in [-0.3, -0.25) is 31.1 Å². The van der Waals surface area contributed by atoms with Crippen molar-refractivity contribution in [1.29, 1.82) is 0 Å². The fourth-order valence-electron chi connectivity index (χ4n) is 12.0. The Bertz CT molecular complexity index is 3870. The minimum absolute atomic E-state index is 0.0487. The van der Waals surface area contributed by atoms with Gasteiger partial charge in [-0.2, -0.15) is 0 Å². The molecule has 0 aliphatic carbocycles. The molecule has 6 amide bonds. The first-order valence-corrected chi connectivity index (χ1v) is 32.1. The summed E-state index contributed by atoms with van der Waals surface area (Å²) >= 11 is 0. The molecule has 6 aliphatic rings. The highest BCUT2D eigenvalue weighted by atomic mass is 19.1. The molecule has 0 bridgehead atoms. The van der Waals surface area contributed by atoms with Crippen LogP contribution in [0.2, 0.25) is 0 Å². The largest absolute Gasteiger partial charge is 0.474 e. The summed E-state index contributed by atoms with van der Waals surface area (Å²) in [5, 5.41) is 11.7. The first kappa shape index (κ1) is 69.8. The normalized spacial score (nSPS) is 20.2. The molecule has 4 N–H and O–H groups in total. The van der Waals surface area contributed by atoms with Crippen molar-refractivity contribution in [2.24, 2.45) is 11.8 Å². The van der Waals surface area contributed by atoms with Crippen LogP contribution in [0, 0.1) is 37.3 Å². The molecule has 0 saturated carbocycles. The highest BCUT2D eigenvalue weighted by Gasteiger charge is 2.46. The summed E-state index contributed by atoms with van der Waals surface area (Å²) in [6, 6.07) is 6.16. The van der Waals surface area contributed by atoms with Gasteiger partial charge >= 0.3 is 36.6 Å². The minimum atomic E-state index is -0.881. The molecule has 30 heteroatoms. The average Bonchev–Trinajstić information content (AvgIpc) is 0.959. The highest BCUT2D eigenvalue weighted by Crippen LogP contribution is 2.46. The Labute approximate surface area is 563 Å². The van der Waals surface area contributed by atoms with Gasteiger partial charge in [0.15, 0.2) is 24.2 Å². The monoisotopic (exact) mass is 1360 g/mol. The van der Waals surface area contributed by atoms with Crippen molar-refractivity contribution in [1.82, 2.24) is 19.9 Å². The second-order valence-electron chi connectivity index (χ2n) is 28.1. The number of carbonyl (C=O) groups is 6. The van der Waals surface area contributed by atoms with Crippen LogP contribution in [0.5, 0.6) is 11.8 Å². The number of hydrogen-bond acceptors (Lipinski definition) is 22. The van der Waals surface area contributed by atoms with E-state index in [1.165, 1.54) is 46.7 Å². The number of nitrogens with one attached hydrogen (secondary N) is 4. The number of halogens is 2. The molecule has 6 aliphatic heterocycles. The summed E-state index contributed by atoms with van der Waals surface area (Å²) in [4.78, 5) is 98.3. The molecule has 4 saturated heterocycles. The van der Waals surface area contributed by atoms with E-state index in [-0.39, 0.29) is 121 Å². The van der Waals surface area contributed by atoms with Crippen molar-refractivity contribution < 1.29 is 94.4 Å². The molecular formula is C68H80F2N10O18. The smallest absolute Gasteiger partial charge is 0.415 e. The summed E-state index contributed by atoms with van der Waals surface area (Å²) in [6.45, 7) is 26.4. The van der Waals surface area contributed by atoms with Crippen LogP contribution in [-0.2, 0) is 47.4 Å². The lowest BCUT2D eigenvalue weighted by Crippen LogP contribution is -2.42. The third-order valence-electron chi connectivity index (χ3n) is 16.1. The van der Waals surface area contributed by atoms with Crippen LogP contribution < -0.4 is 40.5 Å². The maximum absolute atomic E-state index is 16.6. The number of aromatic nitrogens is 4. The molecule has 524 valence electrons. The summed E-state index contributed by atoms with van der Waals surface area (Å²) in [5.74, 6) is -1.03. The quantitative estimate of drug-likeness (QED) is 0.103. The lowest BCUT2D eigenvalue weighted by molar-refractivity contribution is -0.0909. The highest BCUT2D eigenvalue weighted by molar-refractivity contribution is 6.07. The van der Waals surface area contributed by atoms with E-state index in [1.54, 1.807) is 109 Å². The molecule has 0 radical (unpaired) electrons. The van der Waals surface area contributed by atoms with E-state index in [4.69, 9.17) is 56.8 Å². The van der Waals surface area contributed by atoms with E-state index in [0.717, 1.165) is 12.8 Å². The van der Waals surface area contributed by atoms with Gasteiger partial charge in [0, 0.05) is 57.8 Å². The van der Waals surface area contributed by atoms with Crippen molar-refractivity contribution in [3.63, 3.8) is 0 Å². The van der Waals surface area contributed by atoms with Crippen molar-refractivity contribution in [2.75, 3.05) is 83.8 Å². The van der Waals surface area contributed by atoms with Crippen LogP contribution in [0.1, 0.15) is 107 Å². The van der Waals surface area contributed by atoms with Crippen LogP contribution in [0.15, 0.2) is 49.1 Å². The molecule has 28 nitrogen and oxygen atoms in total. The number of ether oxygens (including phenoxy) is 12. The first-order valence-electron chi connectivity index (χ1n) is 32.1. The van der Waals surface area contributed by atoms with Crippen molar-refractivity contribution >= 4 is 92.5 Å². The molecule has 6 atom stereocenters. The molecule has 2 aromatic carbocycles. The van der Waals surface area contributed by atoms with Gasteiger partial charge in [-0.15, -0.1) is 0 Å². The fourth-order valence-corrected chi connectivity index (χ4v) is 12.0. The van der Waals surface area contributed by atoms with Gasteiger partial charge in [0.05, 0.1) is 62.7 Å². The molecule has 4 aromatic heterocycles. The molecule has 0 unspecified atom stereocenters. The SMILES string of the molecule is Cc1c(-c2cc3cc(NC(=O)O[C@@H]4CO[C@H]5OCC[C@H]54)ncc3c(NC(=O)OC(C)(C)C)c2F)cnc2c1N(C(=O)OC(C)(C)C)CCO2.Cc1c(-c2cc3cc(NC(=O)O[C@H]4CO[C@@H]5OCC[C@@H]54)ncc3c(NC(=O)OC(C)(C)C)c2F)cnc2c1N(C(=O)OC(C)(C)C)CCO2. The predicted molar refractivity (Wildman–Crippen MR) is 353 cm³/mol. The van der Waals surface area contributed by atoms with Crippen molar-refractivity contribution in [3.05, 3.63) is 71.8 Å². The van der Waals surface area contributed by atoms with Crippen LogP contribution in [0.3, 0.4) is 0 Å². The number of anilines is 6. The number of fused-ring (bicyclic) bond motifs is 6. The summed E-state index contributed by atoms with van der Waals surface area (Å²) in [6.07, 6.45) is 0.845. The number of pyridine rings is 4. The summed E-state index contributed by atoms with van der Waals surface area (Å²) in [7, 11) is 0. The molecule has 98 heavy (non-hydrogen) atoms. The zero-order chi connectivity index (χ0) is 70.5. The van der Waals surface area contributed by atoms with Gasteiger partial charge in [0.25, 0.3) is 0 Å². The lowest BCUT2D eigenvalue weighted by atomic mass is 9.96. The van der Waals surface area contributed by atoms with Crippen LogP contribution in [-0.4, -0.2) is 156 Å². The third kappa shape index (κ3) is 15.7. The average molecular weight is 1360 g/mol. The molecule has 6 aromatic rings. The molecule has 4 fully saturated rings. The number of nitrogens with zero attached hydrogens (tertiary/aromatic N) is 6. The Morgan fingerprint density at radius 3 is 1.21 bits per heavy atom. The second kappa shape index (κ2) is 27.4. The lowest BCUT2D eigenvalue weighted by Gasteiger charge is -2.32. The Kier molecular flexibility index (Phi) is 19.5. The van der Waals surface area contributed by atoms with E-state index >= 15 is 8.78 Å². The zero-order valence-electron chi connectivity index (χ0n) is 56.9. The standard InChI is InChI=1S/2C34H40FN5O9/c2*1-17-21(14-37-28-27(17)40(9-11-44-28)32(43)49-34(5,6)7)20-12-18-13-24(38-30(41)47-23-16-46-29-19(23)8-10-45-29)36-15-22(18)26(25(20)35)39-31(42)48-33(2,3)4/h2*12-15,19,23,29H,8-11,16H2,1-7H3,(H,39,42)(H,36,38,41)/t2*19-,23+,29+/m10/s1. The maximum Gasteiger partial charge on any atom is 0.415 e. The van der Waals surface area contributed by atoms with Gasteiger partial charge in [0.1, 0.15) is 70.8 Å². The maximum atomic E-state index is 16.6. The Morgan fingerprint density at radius 1 is 0.469 bits per heavy atom. The minimum Gasteiger partial charge on any atom is -0.474 e. The van der Waals surface area contributed by atoms with Gasteiger partial charge in [-0.1, -0.05) is 0 Å². The number of rotatable bonds is 8. The third-order valence-corrected chi connectivity index (χ3v) is 16.1.